The van der Waals surface area contributed by atoms with Gasteiger partial charge in [-0.25, -0.2) is 4.98 Å². The highest BCUT2D eigenvalue weighted by molar-refractivity contribution is 6.05. The van der Waals surface area contributed by atoms with E-state index in [1.165, 1.54) is 11.1 Å². The van der Waals surface area contributed by atoms with Gasteiger partial charge in [0.2, 0.25) is 17.7 Å². The lowest BCUT2D eigenvalue weighted by molar-refractivity contribution is -0.124. The number of rotatable bonds is 5. The molecule has 2 aliphatic heterocycles. The number of ether oxygens (including phenoxy) is 1. The van der Waals surface area contributed by atoms with Gasteiger partial charge in [0.1, 0.15) is 0 Å². The predicted octanol–water partition coefficient (Wildman–Crippen LogP) is 3.21. The Hall–Kier alpha value is -3.87. The first-order valence-electron chi connectivity index (χ1n) is 11.1. The van der Waals surface area contributed by atoms with Crippen LogP contribution < -0.4 is 20.3 Å². The van der Waals surface area contributed by atoms with Crippen molar-refractivity contribution in [2.45, 2.75) is 19.3 Å². The Morgan fingerprint density at radius 1 is 1.15 bits per heavy atom. The van der Waals surface area contributed by atoms with Gasteiger partial charge in [-0.1, -0.05) is 18.2 Å². The van der Waals surface area contributed by atoms with E-state index in [-0.39, 0.29) is 24.2 Å². The number of anilines is 3. The normalized spacial score (nSPS) is 17.4. The molecule has 1 atom stereocenters. The van der Waals surface area contributed by atoms with E-state index < -0.39 is 0 Å². The van der Waals surface area contributed by atoms with Crippen LogP contribution in [-0.2, 0) is 22.4 Å². The van der Waals surface area contributed by atoms with Gasteiger partial charge in [0.25, 0.3) is 0 Å². The molecule has 0 spiro atoms. The van der Waals surface area contributed by atoms with E-state index in [1.54, 1.807) is 30.3 Å². The Balaban J connectivity index is 1.30. The van der Waals surface area contributed by atoms with Crippen LogP contribution in [0, 0.1) is 5.92 Å². The van der Waals surface area contributed by atoms with Crippen molar-refractivity contribution in [1.29, 1.82) is 0 Å². The molecular formula is C26H26N4O3. The number of hydrogen-bond acceptors (Lipinski definition) is 5. The Labute approximate surface area is 192 Å². The van der Waals surface area contributed by atoms with Gasteiger partial charge >= 0.3 is 0 Å². The van der Waals surface area contributed by atoms with Crippen LogP contribution in [-0.4, -0.2) is 37.0 Å². The third-order valence-electron chi connectivity index (χ3n) is 6.38. The summed E-state index contributed by atoms with van der Waals surface area (Å²) in [7, 11) is 1.61. The second kappa shape index (κ2) is 8.58. The lowest BCUT2D eigenvalue weighted by Gasteiger charge is -2.22. The number of amides is 2. The highest BCUT2D eigenvalue weighted by atomic mass is 16.5. The molecule has 2 aliphatic rings. The molecule has 0 radical (unpaired) electrons. The number of methoxy groups -OCH3 is 1. The lowest BCUT2D eigenvalue weighted by Crippen LogP contribution is -2.36. The number of hydrogen-bond donors (Lipinski definition) is 1. The summed E-state index contributed by atoms with van der Waals surface area (Å²) in [5.41, 5.74) is 11.6. The summed E-state index contributed by atoms with van der Waals surface area (Å²) in [4.78, 5) is 33.6. The zero-order valence-electron chi connectivity index (χ0n) is 18.5. The molecule has 2 amide bonds. The average molecular weight is 443 g/mol. The molecule has 0 bridgehead atoms. The number of aromatic nitrogens is 1. The van der Waals surface area contributed by atoms with Crippen molar-refractivity contribution in [3.63, 3.8) is 0 Å². The number of carbonyl (C=O) groups is 2. The van der Waals surface area contributed by atoms with Crippen molar-refractivity contribution in [2.75, 3.05) is 35.7 Å². The fourth-order valence-electron chi connectivity index (χ4n) is 4.74. The molecule has 1 saturated heterocycles. The summed E-state index contributed by atoms with van der Waals surface area (Å²) in [5, 5.41) is 0. The van der Waals surface area contributed by atoms with Crippen molar-refractivity contribution >= 4 is 28.9 Å². The van der Waals surface area contributed by atoms with Crippen LogP contribution in [0.4, 0.5) is 17.1 Å². The fourth-order valence-corrected chi connectivity index (χ4v) is 4.74. The van der Waals surface area contributed by atoms with Crippen molar-refractivity contribution in [2.24, 2.45) is 5.92 Å². The number of carbonyl (C=O) groups excluding carboxylic acids is 2. The first-order chi connectivity index (χ1) is 16.0. The number of nitrogens with two attached hydrogens (primary N) is 1. The zero-order chi connectivity index (χ0) is 22.9. The van der Waals surface area contributed by atoms with Crippen LogP contribution in [0.15, 0.2) is 60.8 Å². The molecule has 33 heavy (non-hydrogen) atoms. The highest BCUT2D eigenvalue weighted by Gasteiger charge is 2.39. The van der Waals surface area contributed by atoms with E-state index in [2.05, 4.69) is 17.1 Å². The van der Waals surface area contributed by atoms with Gasteiger partial charge in [-0.2, -0.15) is 0 Å². The van der Waals surface area contributed by atoms with Crippen molar-refractivity contribution in [3.05, 3.63) is 77.5 Å². The molecule has 1 fully saturated rings. The van der Waals surface area contributed by atoms with E-state index in [4.69, 9.17) is 10.5 Å². The maximum atomic E-state index is 13.3. The third kappa shape index (κ3) is 4.14. The van der Waals surface area contributed by atoms with Gasteiger partial charge in [0, 0.05) is 48.8 Å². The van der Waals surface area contributed by atoms with E-state index in [9.17, 15) is 9.59 Å². The monoisotopic (exact) mass is 442 g/mol. The molecule has 5 rings (SSSR count). The largest absolute Gasteiger partial charge is 0.481 e. The fraction of sp³-hybridized carbons (Fsp3) is 0.269. The van der Waals surface area contributed by atoms with Crippen LogP contribution in [0.3, 0.4) is 0 Å². The quantitative estimate of drug-likeness (QED) is 0.613. The van der Waals surface area contributed by atoms with Gasteiger partial charge in [-0.3, -0.25) is 9.59 Å². The summed E-state index contributed by atoms with van der Waals surface area (Å²) in [6.07, 6.45) is 3.56. The Bertz CT molecular complexity index is 1230. The lowest BCUT2D eigenvalue weighted by atomic mass is 10.0. The Morgan fingerprint density at radius 3 is 2.82 bits per heavy atom. The van der Waals surface area contributed by atoms with Gasteiger partial charge in [-0.05, 0) is 59.9 Å². The number of nitrogens with zero attached hydrogens (tertiary/aromatic N) is 3. The van der Waals surface area contributed by atoms with E-state index >= 15 is 0 Å². The highest BCUT2D eigenvalue weighted by Crippen LogP contribution is 2.34. The Kier molecular flexibility index (Phi) is 5.46. The second-order valence-corrected chi connectivity index (χ2v) is 8.59. The van der Waals surface area contributed by atoms with Crippen LogP contribution in [0.25, 0.3) is 0 Å². The minimum Gasteiger partial charge on any atom is -0.481 e. The molecule has 168 valence electrons. The molecule has 3 heterocycles. The standard InChI is InChI=1S/C26H26N4O3/c1-33-24-13-18(7-9-28-24)11-17-5-6-23-19(12-17)8-10-29(23)26(32)20-14-25(31)30(16-20)22-4-2-3-21(27)15-22/h2-7,9,12-13,15,20H,8,10-11,14,16,27H2,1H3. The molecule has 0 saturated carbocycles. The summed E-state index contributed by atoms with van der Waals surface area (Å²) < 4.78 is 5.22. The molecule has 7 nitrogen and oxygen atoms in total. The number of pyridine rings is 1. The summed E-state index contributed by atoms with van der Waals surface area (Å²) in [5.74, 6) is 0.222. The van der Waals surface area contributed by atoms with E-state index in [0.717, 1.165) is 29.8 Å². The van der Waals surface area contributed by atoms with E-state index in [1.807, 2.05) is 35.2 Å². The van der Waals surface area contributed by atoms with Gasteiger partial charge < -0.3 is 20.3 Å². The van der Waals surface area contributed by atoms with Crippen molar-refractivity contribution < 1.29 is 14.3 Å². The van der Waals surface area contributed by atoms with Crippen LogP contribution >= 0.6 is 0 Å². The van der Waals surface area contributed by atoms with Gasteiger partial charge in [0.05, 0.1) is 13.0 Å². The molecule has 0 aliphatic carbocycles. The SMILES string of the molecule is COc1cc(Cc2ccc3c(c2)CCN3C(=O)C2CC(=O)N(c3cccc(N)c3)C2)ccn1. The van der Waals surface area contributed by atoms with Crippen molar-refractivity contribution in [3.8, 4) is 5.88 Å². The summed E-state index contributed by atoms with van der Waals surface area (Å²) in [6, 6.07) is 17.4. The van der Waals surface area contributed by atoms with Gasteiger partial charge in [-0.15, -0.1) is 0 Å². The Morgan fingerprint density at radius 2 is 2.00 bits per heavy atom. The molecular weight excluding hydrogens is 416 g/mol. The zero-order valence-corrected chi connectivity index (χ0v) is 18.5. The van der Waals surface area contributed by atoms with E-state index in [0.29, 0.717) is 24.7 Å². The smallest absolute Gasteiger partial charge is 0.232 e. The topological polar surface area (TPSA) is 88.8 Å². The second-order valence-electron chi connectivity index (χ2n) is 8.59. The molecule has 2 aromatic carbocycles. The summed E-state index contributed by atoms with van der Waals surface area (Å²) in [6.45, 7) is 1.03. The van der Waals surface area contributed by atoms with Crippen LogP contribution in [0.1, 0.15) is 23.1 Å². The number of benzene rings is 2. The van der Waals surface area contributed by atoms with Crippen LogP contribution in [0.2, 0.25) is 0 Å². The summed E-state index contributed by atoms with van der Waals surface area (Å²) >= 11 is 0. The molecule has 1 aromatic heterocycles. The number of fused-ring (bicyclic) bond motifs is 1. The van der Waals surface area contributed by atoms with Crippen molar-refractivity contribution in [1.82, 2.24) is 4.98 Å². The molecule has 2 N–H and O–H groups in total. The maximum absolute atomic E-state index is 13.3. The first-order valence-corrected chi connectivity index (χ1v) is 11.1. The van der Waals surface area contributed by atoms with Crippen LogP contribution in [0.5, 0.6) is 5.88 Å². The minimum absolute atomic E-state index is 0.0140. The molecule has 1 unspecified atom stereocenters. The predicted molar refractivity (Wildman–Crippen MR) is 127 cm³/mol. The minimum atomic E-state index is -0.353. The molecule has 3 aromatic rings. The third-order valence-corrected chi connectivity index (χ3v) is 6.38. The van der Waals surface area contributed by atoms with Gasteiger partial charge in [0.15, 0.2) is 0 Å². The average Bonchev–Trinajstić information content (AvgIpc) is 3.42. The number of nitrogen functional groups attached to an aromatic ring is 1. The molecule has 7 heteroatoms. The maximum Gasteiger partial charge on any atom is 0.232 e. The first kappa shape index (κ1) is 21.0.